The van der Waals surface area contributed by atoms with Gasteiger partial charge in [-0.25, -0.2) is 4.79 Å². The minimum absolute atomic E-state index is 0.293. The topological polar surface area (TPSA) is 90.6 Å². The van der Waals surface area contributed by atoms with Crippen LogP contribution < -0.4 is 0 Å². The van der Waals surface area contributed by atoms with E-state index in [0.29, 0.717) is 10.4 Å². The van der Waals surface area contributed by atoms with Crippen molar-refractivity contribution in [3.05, 3.63) is 21.9 Å². The fourth-order valence-corrected chi connectivity index (χ4v) is 1.85. The number of esters is 1. The summed E-state index contributed by atoms with van der Waals surface area (Å²) in [5, 5.41) is 28.4. The molecule has 1 heterocycles. The van der Waals surface area contributed by atoms with Crippen molar-refractivity contribution in [2.75, 3.05) is 7.11 Å². The van der Waals surface area contributed by atoms with Crippen LogP contribution in [-0.2, 0) is 4.74 Å². The van der Waals surface area contributed by atoms with E-state index in [1.807, 2.05) is 0 Å². The first-order chi connectivity index (χ1) is 7.10. The Hall–Kier alpha value is -1.42. The monoisotopic (exact) mass is 227 g/mol. The summed E-state index contributed by atoms with van der Waals surface area (Å²) >= 11 is 1.08. The van der Waals surface area contributed by atoms with Crippen LogP contribution >= 0.6 is 11.3 Å². The summed E-state index contributed by atoms with van der Waals surface area (Å²) in [6, 6.07) is 2.90. The number of thiophene rings is 1. The number of hydrogen-bond acceptors (Lipinski definition) is 6. The predicted molar refractivity (Wildman–Crippen MR) is 52.2 cm³/mol. The van der Waals surface area contributed by atoms with Crippen molar-refractivity contribution in [1.29, 1.82) is 5.26 Å². The van der Waals surface area contributed by atoms with Gasteiger partial charge in [0.25, 0.3) is 0 Å². The number of methoxy groups -OCH3 is 1. The van der Waals surface area contributed by atoms with Gasteiger partial charge < -0.3 is 14.9 Å². The number of aliphatic hydroxyl groups excluding tert-OH is 2. The van der Waals surface area contributed by atoms with E-state index in [2.05, 4.69) is 4.74 Å². The molecule has 0 aliphatic heterocycles. The maximum absolute atomic E-state index is 11.1. The molecule has 0 radical (unpaired) electrons. The first kappa shape index (κ1) is 11.7. The van der Waals surface area contributed by atoms with E-state index in [0.717, 1.165) is 11.3 Å². The third-order valence-electron chi connectivity index (χ3n) is 1.76. The number of ether oxygens (including phenoxy) is 1. The van der Waals surface area contributed by atoms with Crippen LogP contribution in [0.15, 0.2) is 11.4 Å². The molecule has 2 atom stereocenters. The second-order valence-electron chi connectivity index (χ2n) is 2.75. The molecule has 0 bridgehead atoms. The van der Waals surface area contributed by atoms with E-state index in [4.69, 9.17) is 10.4 Å². The molecule has 0 amide bonds. The lowest BCUT2D eigenvalue weighted by Crippen LogP contribution is -2.14. The minimum atomic E-state index is -1.49. The number of hydrogen-bond donors (Lipinski definition) is 2. The van der Waals surface area contributed by atoms with E-state index < -0.39 is 18.2 Å². The predicted octanol–water partition coefficient (Wildman–Crippen LogP) is 0.453. The van der Waals surface area contributed by atoms with Crippen LogP contribution in [0.5, 0.6) is 0 Å². The van der Waals surface area contributed by atoms with E-state index >= 15 is 0 Å². The Morgan fingerprint density at radius 2 is 2.33 bits per heavy atom. The summed E-state index contributed by atoms with van der Waals surface area (Å²) in [6.07, 6.45) is -2.78. The Morgan fingerprint density at radius 1 is 1.67 bits per heavy atom. The lowest BCUT2D eigenvalue weighted by molar-refractivity contribution is 0.0547. The quantitative estimate of drug-likeness (QED) is 0.578. The maximum atomic E-state index is 11.1. The highest BCUT2D eigenvalue weighted by atomic mass is 32.1. The third kappa shape index (κ3) is 2.53. The number of rotatable bonds is 3. The summed E-state index contributed by atoms with van der Waals surface area (Å²) in [6.45, 7) is 0. The van der Waals surface area contributed by atoms with E-state index in [9.17, 15) is 9.90 Å². The lowest BCUT2D eigenvalue weighted by atomic mass is 10.1. The number of carbonyl (C=O) groups is 1. The van der Waals surface area contributed by atoms with Gasteiger partial charge in [0.1, 0.15) is 6.10 Å². The van der Waals surface area contributed by atoms with E-state index in [-0.39, 0.29) is 0 Å². The molecule has 0 fully saturated rings. The molecule has 2 unspecified atom stereocenters. The normalized spacial score (nSPS) is 14.0. The zero-order valence-electron chi connectivity index (χ0n) is 7.88. The fraction of sp³-hybridized carbons (Fsp3) is 0.333. The second-order valence-corrected chi connectivity index (χ2v) is 3.69. The largest absolute Gasteiger partial charge is 0.465 e. The number of nitrogens with zero attached hydrogens (tertiary/aromatic N) is 1. The van der Waals surface area contributed by atoms with Crippen molar-refractivity contribution >= 4 is 17.3 Å². The molecule has 2 N–H and O–H groups in total. The Labute approximate surface area is 90.2 Å². The van der Waals surface area contributed by atoms with Gasteiger partial charge in [0, 0.05) is 10.3 Å². The van der Waals surface area contributed by atoms with Crippen molar-refractivity contribution < 1.29 is 19.7 Å². The fourth-order valence-electron chi connectivity index (χ4n) is 0.959. The van der Waals surface area contributed by atoms with E-state index in [1.165, 1.54) is 24.6 Å². The molecule has 5 nitrogen and oxygen atoms in total. The van der Waals surface area contributed by atoms with Crippen LogP contribution in [0, 0.1) is 11.3 Å². The molecule has 0 aromatic carbocycles. The summed E-state index contributed by atoms with van der Waals surface area (Å²) in [4.78, 5) is 11.4. The average Bonchev–Trinajstić information content (AvgIpc) is 2.75. The van der Waals surface area contributed by atoms with Crippen molar-refractivity contribution in [3.8, 4) is 6.07 Å². The van der Waals surface area contributed by atoms with Crippen LogP contribution in [0.1, 0.15) is 21.3 Å². The maximum Gasteiger partial charge on any atom is 0.338 e. The van der Waals surface area contributed by atoms with Gasteiger partial charge in [-0.1, -0.05) is 0 Å². The molecule has 0 saturated heterocycles. The van der Waals surface area contributed by atoms with Crippen molar-refractivity contribution in [2.24, 2.45) is 0 Å². The van der Waals surface area contributed by atoms with Gasteiger partial charge in [-0.3, -0.25) is 0 Å². The molecular formula is C9H9NO4S. The molecule has 1 aromatic heterocycles. The molecule has 0 aliphatic rings. The second kappa shape index (κ2) is 4.89. The average molecular weight is 227 g/mol. The van der Waals surface area contributed by atoms with Gasteiger partial charge in [-0.05, 0) is 6.07 Å². The molecule has 0 saturated carbocycles. The van der Waals surface area contributed by atoms with Gasteiger partial charge in [0.15, 0.2) is 6.10 Å². The molecule has 1 rings (SSSR count). The van der Waals surface area contributed by atoms with Gasteiger partial charge in [-0.15, -0.1) is 11.3 Å². The van der Waals surface area contributed by atoms with E-state index in [1.54, 1.807) is 0 Å². The van der Waals surface area contributed by atoms with Crippen molar-refractivity contribution in [2.45, 2.75) is 12.2 Å². The molecule has 80 valence electrons. The minimum Gasteiger partial charge on any atom is -0.465 e. The van der Waals surface area contributed by atoms with Gasteiger partial charge in [0.05, 0.1) is 18.7 Å². The summed E-state index contributed by atoms with van der Waals surface area (Å²) < 4.78 is 4.47. The van der Waals surface area contributed by atoms with Crippen molar-refractivity contribution in [3.63, 3.8) is 0 Å². The summed E-state index contributed by atoms with van der Waals surface area (Å²) in [5.74, 6) is -0.517. The van der Waals surface area contributed by atoms with Gasteiger partial charge in [0.2, 0.25) is 0 Å². The van der Waals surface area contributed by atoms with Crippen molar-refractivity contribution in [1.82, 2.24) is 0 Å². The van der Waals surface area contributed by atoms with Gasteiger partial charge in [-0.2, -0.15) is 5.26 Å². The highest BCUT2D eigenvalue weighted by Gasteiger charge is 2.20. The van der Waals surface area contributed by atoms with Crippen LogP contribution in [0.2, 0.25) is 0 Å². The lowest BCUT2D eigenvalue weighted by Gasteiger charge is -2.08. The number of carbonyl (C=O) groups excluding carboxylic acids is 1. The summed E-state index contributed by atoms with van der Waals surface area (Å²) in [7, 11) is 1.25. The Balaban J connectivity index is 2.85. The highest BCUT2D eigenvalue weighted by Crippen LogP contribution is 2.24. The van der Waals surface area contributed by atoms with Crippen LogP contribution in [0.25, 0.3) is 0 Å². The standard InChI is InChI=1S/C9H9NO4S/c1-14-9(13)5-2-7(15-4-5)8(12)6(11)3-10/h2,4,6,8,11-12H,1H3. The third-order valence-corrected chi connectivity index (χ3v) is 2.77. The Morgan fingerprint density at radius 3 is 2.87 bits per heavy atom. The molecule has 0 aliphatic carbocycles. The number of aliphatic hydroxyl groups is 2. The molecular weight excluding hydrogens is 218 g/mol. The smallest absolute Gasteiger partial charge is 0.338 e. The molecule has 0 spiro atoms. The zero-order chi connectivity index (χ0) is 11.4. The first-order valence-electron chi connectivity index (χ1n) is 4.02. The zero-order valence-corrected chi connectivity index (χ0v) is 8.69. The number of nitriles is 1. The highest BCUT2D eigenvalue weighted by molar-refractivity contribution is 7.10. The summed E-state index contributed by atoms with van der Waals surface area (Å²) in [5.41, 5.74) is 0.293. The Bertz CT molecular complexity index is 395. The molecule has 6 heteroatoms. The Kier molecular flexibility index (Phi) is 3.80. The SMILES string of the molecule is COC(=O)c1csc(C(O)C(O)C#N)c1. The molecule has 15 heavy (non-hydrogen) atoms. The van der Waals surface area contributed by atoms with Crippen LogP contribution in [-0.4, -0.2) is 29.4 Å². The van der Waals surface area contributed by atoms with Crippen LogP contribution in [0.4, 0.5) is 0 Å². The van der Waals surface area contributed by atoms with Gasteiger partial charge >= 0.3 is 5.97 Å². The molecule has 1 aromatic rings. The van der Waals surface area contributed by atoms with Crippen LogP contribution in [0.3, 0.4) is 0 Å². The first-order valence-corrected chi connectivity index (χ1v) is 4.90.